The van der Waals surface area contributed by atoms with Crippen LogP contribution in [-0.2, 0) is 11.3 Å². The molecule has 1 aromatic carbocycles. The number of rotatable bonds is 4. The van der Waals surface area contributed by atoms with Crippen LogP contribution in [-0.4, -0.2) is 18.2 Å². The van der Waals surface area contributed by atoms with E-state index in [9.17, 15) is 4.79 Å². The first-order chi connectivity index (χ1) is 9.11. The Hall–Kier alpha value is -2.50. The van der Waals surface area contributed by atoms with E-state index in [-0.39, 0.29) is 0 Å². The van der Waals surface area contributed by atoms with Crippen molar-refractivity contribution in [2.45, 2.75) is 13.5 Å². The van der Waals surface area contributed by atoms with Gasteiger partial charge in [0.05, 0.1) is 36.3 Å². The number of methoxy groups -OCH3 is 1. The largest absolute Gasteiger partial charge is 0.465 e. The lowest BCUT2D eigenvalue weighted by molar-refractivity contribution is 0.0602. The van der Waals surface area contributed by atoms with Gasteiger partial charge in [-0.25, -0.2) is 4.79 Å². The van der Waals surface area contributed by atoms with Crippen LogP contribution in [0.15, 0.2) is 28.8 Å². The summed E-state index contributed by atoms with van der Waals surface area (Å²) in [6.07, 6.45) is 0. The van der Waals surface area contributed by atoms with Gasteiger partial charge in [0.1, 0.15) is 0 Å². The Morgan fingerprint density at radius 3 is 2.95 bits per heavy atom. The predicted octanol–water partition coefficient (Wildman–Crippen LogP) is 1.96. The van der Waals surface area contributed by atoms with Gasteiger partial charge < -0.3 is 20.3 Å². The molecular weight excluding hydrogens is 246 g/mol. The van der Waals surface area contributed by atoms with Crippen LogP contribution in [0.4, 0.5) is 11.4 Å². The Bertz CT molecular complexity index is 593. The summed E-state index contributed by atoms with van der Waals surface area (Å²) in [5, 5.41) is 6.85. The summed E-state index contributed by atoms with van der Waals surface area (Å²) in [7, 11) is 1.33. The van der Waals surface area contributed by atoms with E-state index in [2.05, 4.69) is 10.5 Å². The molecule has 6 heteroatoms. The van der Waals surface area contributed by atoms with Crippen LogP contribution in [0, 0.1) is 6.92 Å². The second-order valence-corrected chi connectivity index (χ2v) is 4.05. The van der Waals surface area contributed by atoms with Crippen LogP contribution < -0.4 is 11.1 Å². The lowest BCUT2D eigenvalue weighted by Gasteiger charge is -2.12. The lowest BCUT2D eigenvalue weighted by atomic mass is 10.1. The molecule has 0 spiro atoms. The number of hydrogen-bond acceptors (Lipinski definition) is 6. The van der Waals surface area contributed by atoms with Crippen molar-refractivity contribution in [2.75, 3.05) is 18.2 Å². The summed E-state index contributed by atoms with van der Waals surface area (Å²) in [6, 6.07) is 6.87. The first kappa shape index (κ1) is 12.9. The predicted molar refractivity (Wildman–Crippen MR) is 70.8 cm³/mol. The van der Waals surface area contributed by atoms with Crippen LogP contribution in [0.2, 0.25) is 0 Å². The second-order valence-electron chi connectivity index (χ2n) is 4.05. The van der Waals surface area contributed by atoms with Crippen molar-refractivity contribution in [1.82, 2.24) is 5.16 Å². The maximum atomic E-state index is 11.6. The Morgan fingerprint density at radius 2 is 2.32 bits per heavy atom. The minimum atomic E-state index is -0.441. The van der Waals surface area contributed by atoms with E-state index in [0.29, 0.717) is 29.2 Å². The smallest absolute Gasteiger partial charge is 0.340 e. The number of hydrogen-bond donors (Lipinski definition) is 2. The summed E-state index contributed by atoms with van der Waals surface area (Å²) in [5.74, 6) is 0.222. The van der Waals surface area contributed by atoms with Gasteiger partial charge in [-0.15, -0.1) is 0 Å². The van der Waals surface area contributed by atoms with Gasteiger partial charge in [-0.1, -0.05) is 11.2 Å². The van der Waals surface area contributed by atoms with Crippen molar-refractivity contribution in [3.63, 3.8) is 0 Å². The van der Waals surface area contributed by atoms with Gasteiger partial charge in [0.15, 0.2) is 5.76 Å². The van der Waals surface area contributed by atoms with Crippen LogP contribution in [0.3, 0.4) is 0 Å². The normalized spacial score (nSPS) is 10.2. The molecule has 0 aliphatic heterocycles. The molecule has 1 heterocycles. The van der Waals surface area contributed by atoms with Gasteiger partial charge in [0.25, 0.3) is 0 Å². The third kappa shape index (κ3) is 2.85. The number of nitrogen functional groups attached to an aromatic ring is 1. The molecule has 100 valence electrons. The number of carbonyl (C=O) groups is 1. The van der Waals surface area contributed by atoms with Crippen molar-refractivity contribution in [1.29, 1.82) is 0 Å². The highest BCUT2D eigenvalue weighted by Crippen LogP contribution is 2.24. The Kier molecular flexibility index (Phi) is 3.70. The number of nitrogens with two attached hydrogens (primary N) is 1. The van der Waals surface area contributed by atoms with E-state index in [1.165, 1.54) is 7.11 Å². The minimum absolute atomic E-state index is 0.388. The molecule has 0 amide bonds. The number of anilines is 2. The van der Waals surface area contributed by atoms with Crippen LogP contribution in [0.5, 0.6) is 0 Å². The Morgan fingerprint density at radius 1 is 1.53 bits per heavy atom. The molecule has 0 aliphatic rings. The third-order valence-corrected chi connectivity index (χ3v) is 2.62. The van der Waals surface area contributed by atoms with Crippen molar-refractivity contribution >= 4 is 17.3 Å². The molecule has 0 aliphatic carbocycles. The fourth-order valence-corrected chi connectivity index (χ4v) is 1.72. The summed E-state index contributed by atoms with van der Waals surface area (Å²) >= 11 is 0. The van der Waals surface area contributed by atoms with Crippen molar-refractivity contribution in [3.8, 4) is 0 Å². The zero-order chi connectivity index (χ0) is 13.8. The van der Waals surface area contributed by atoms with Gasteiger partial charge in [-0.05, 0) is 19.1 Å². The van der Waals surface area contributed by atoms with Crippen molar-refractivity contribution < 1.29 is 14.1 Å². The monoisotopic (exact) mass is 261 g/mol. The standard InChI is InChI=1S/C13H15N3O3/c1-8-6-9(19-16-8)7-15-12-10(13(17)18-2)4-3-5-11(12)14/h3-6,15H,7,14H2,1-2H3. The molecule has 2 rings (SSSR count). The number of esters is 1. The minimum Gasteiger partial charge on any atom is -0.465 e. The Balaban J connectivity index is 2.21. The number of para-hydroxylation sites is 1. The third-order valence-electron chi connectivity index (χ3n) is 2.62. The number of aryl methyl sites for hydroxylation is 1. The molecule has 0 bridgehead atoms. The SMILES string of the molecule is COC(=O)c1cccc(N)c1NCc1cc(C)no1. The maximum Gasteiger partial charge on any atom is 0.340 e. The zero-order valence-corrected chi connectivity index (χ0v) is 10.8. The van der Waals surface area contributed by atoms with Gasteiger partial charge >= 0.3 is 5.97 Å². The quantitative estimate of drug-likeness (QED) is 0.646. The van der Waals surface area contributed by atoms with Gasteiger partial charge in [0.2, 0.25) is 0 Å². The fourth-order valence-electron chi connectivity index (χ4n) is 1.72. The van der Waals surface area contributed by atoms with Gasteiger partial charge in [0, 0.05) is 6.07 Å². The molecule has 0 radical (unpaired) electrons. The maximum absolute atomic E-state index is 11.6. The summed E-state index contributed by atoms with van der Waals surface area (Å²) in [5.41, 5.74) is 8.05. The van der Waals surface area contributed by atoms with Crippen LogP contribution >= 0.6 is 0 Å². The van der Waals surface area contributed by atoms with Gasteiger partial charge in [-0.3, -0.25) is 0 Å². The summed E-state index contributed by atoms with van der Waals surface area (Å²) in [4.78, 5) is 11.6. The number of ether oxygens (including phenoxy) is 1. The van der Waals surface area contributed by atoms with E-state index in [1.807, 2.05) is 13.0 Å². The molecule has 6 nitrogen and oxygen atoms in total. The number of benzene rings is 1. The highest BCUT2D eigenvalue weighted by molar-refractivity contribution is 5.98. The first-order valence-corrected chi connectivity index (χ1v) is 5.74. The molecule has 1 aromatic heterocycles. The molecule has 19 heavy (non-hydrogen) atoms. The molecule has 0 saturated heterocycles. The van der Waals surface area contributed by atoms with E-state index in [0.717, 1.165) is 5.69 Å². The van der Waals surface area contributed by atoms with Crippen LogP contribution in [0.25, 0.3) is 0 Å². The van der Waals surface area contributed by atoms with Gasteiger partial charge in [-0.2, -0.15) is 0 Å². The number of aromatic nitrogens is 1. The number of nitrogens with zero attached hydrogens (tertiary/aromatic N) is 1. The average molecular weight is 261 g/mol. The average Bonchev–Trinajstić information content (AvgIpc) is 2.82. The molecular formula is C13H15N3O3. The molecule has 0 fully saturated rings. The second kappa shape index (κ2) is 5.43. The highest BCUT2D eigenvalue weighted by atomic mass is 16.5. The zero-order valence-electron chi connectivity index (χ0n) is 10.8. The number of nitrogens with one attached hydrogen (secondary N) is 1. The topological polar surface area (TPSA) is 90.4 Å². The fraction of sp³-hybridized carbons (Fsp3) is 0.231. The van der Waals surface area contributed by atoms with Crippen LogP contribution in [0.1, 0.15) is 21.8 Å². The van der Waals surface area contributed by atoms with E-state index in [4.69, 9.17) is 15.0 Å². The molecule has 0 saturated carbocycles. The lowest BCUT2D eigenvalue weighted by Crippen LogP contribution is -2.10. The highest BCUT2D eigenvalue weighted by Gasteiger charge is 2.14. The number of carbonyl (C=O) groups excluding carboxylic acids is 1. The van der Waals surface area contributed by atoms with Crippen molar-refractivity contribution in [2.24, 2.45) is 0 Å². The molecule has 0 unspecified atom stereocenters. The molecule has 3 N–H and O–H groups in total. The van der Waals surface area contributed by atoms with E-state index in [1.54, 1.807) is 18.2 Å². The molecule has 2 aromatic rings. The summed E-state index contributed by atoms with van der Waals surface area (Å²) in [6.45, 7) is 2.23. The Labute approximate surface area is 110 Å². The summed E-state index contributed by atoms with van der Waals surface area (Å²) < 4.78 is 9.80. The van der Waals surface area contributed by atoms with E-state index < -0.39 is 5.97 Å². The molecule has 0 atom stereocenters. The first-order valence-electron chi connectivity index (χ1n) is 5.74. The van der Waals surface area contributed by atoms with Crippen molar-refractivity contribution in [3.05, 3.63) is 41.3 Å². The van der Waals surface area contributed by atoms with E-state index >= 15 is 0 Å².